The molecule has 0 bridgehead atoms. The minimum absolute atomic E-state index is 0.314. The van der Waals surface area contributed by atoms with E-state index in [0.717, 1.165) is 30.8 Å². The minimum atomic E-state index is 0.314. The molecule has 0 radical (unpaired) electrons. The van der Waals surface area contributed by atoms with E-state index in [1.165, 1.54) is 50.8 Å². The maximum atomic E-state index is 5.63. The van der Waals surface area contributed by atoms with Crippen LogP contribution in [-0.2, 0) is 11.3 Å². The van der Waals surface area contributed by atoms with Crippen molar-refractivity contribution in [3.05, 3.63) is 34.3 Å². The number of hydrogen-bond donors (Lipinski definition) is 1. The topological polar surface area (TPSA) is 24.5 Å². The lowest BCUT2D eigenvalue weighted by Gasteiger charge is -2.48. The molecule has 1 N–H and O–H groups in total. The Labute approximate surface area is 142 Å². The van der Waals surface area contributed by atoms with Crippen molar-refractivity contribution < 1.29 is 4.74 Å². The van der Waals surface area contributed by atoms with Crippen molar-refractivity contribution in [2.75, 3.05) is 32.8 Å². The Morgan fingerprint density at radius 3 is 2.41 bits per heavy atom. The maximum Gasteiger partial charge on any atom is 0.0484 e. The van der Waals surface area contributed by atoms with Gasteiger partial charge in [-0.2, -0.15) is 0 Å². The first-order valence-electron chi connectivity index (χ1n) is 8.57. The fourth-order valence-corrected chi connectivity index (χ4v) is 4.03. The minimum Gasteiger partial charge on any atom is -0.381 e. The lowest BCUT2D eigenvalue weighted by atomic mass is 9.86. The smallest absolute Gasteiger partial charge is 0.0484 e. The number of likely N-dealkylation sites (tertiary alicyclic amines) is 1. The van der Waals surface area contributed by atoms with E-state index in [-0.39, 0.29) is 0 Å². The highest BCUT2D eigenvalue weighted by Gasteiger charge is 2.38. The molecule has 0 amide bonds. The van der Waals surface area contributed by atoms with E-state index in [1.807, 2.05) is 0 Å². The predicted octanol–water partition coefficient (Wildman–Crippen LogP) is 3.57. The normalized spacial score (nSPS) is 22.6. The maximum absolute atomic E-state index is 5.63. The summed E-state index contributed by atoms with van der Waals surface area (Å²) in [6.07, 6.45) is 6.45. The Kier molecular flexibility index (Phi) is 5.91. The van der Waals surface area contributed by atoms with Gasteiger partial charge in [-0.05, 0) is 56.5 Å². The van der Waals surface area contributed by atoms with Gasteiger partial charge in [-0.15, -0.1) is 0 Å². The molecule has 0 spiro atoms. The number of halogens is 1. The lowest BCUT2D eigenvalue weighted by Crippen LogP contribution is -2.59. The van der Waals surface area contributed by atoms with Crippen molar-refractivity contribution in [2.45, 2.75) is 44.2 Å². The first kappa shape index (κ1) is 16.4. The monoisotopic (exact) mass is 366 g/mol. The summed E-state index contributed by atoms with van der Waals surface area (Å²) in [6.45, 7) is 6.38. The van der Waals surface area contributed by atoms with E-state index in [9.17, 15) is 0 Å². The molecule has 2 heterocycles. The van der Waals surface area contributed by atoms with Crippen LogP contribution in [0.5, 0.6) is 0 Å². The number of nitrogens with one attached hydrogen (secondary N) is 1. The van der Waals surface area contributed by atoms with E-state index < -0.39 is 0 Å². The van der Waals surface area contributed by atoms with Crippen molar-refractivity contribution in [3.63, 3.8) is 0 Å². The molecule has 22 heavy (non-hydrogen) atoms. The summed E-state index contributed by atoms with van der Waals surface area (Å²) < 4.78 is 6.78. The molecule has 1 aromatic rings. The molecule has 1 aromatic carbocycles. The van der Waals surface area contributed by atoms with Crippen LogP contribution in [0.15, 0.2) is 28.7 Å². The molecule has 3 rings (SSSR count). The third-order valence-electron chi connectivity index (χ3n) is 5.15. The van der Waals surface area contributed by atoms with Gasteiger partial charge in [0.05, 0.1) is 0 Å². The van der Waals surface area contributed by atoms with E-state index >= 15 is 0 Å². The second kappa shape index (κ2) is 7.91. The van der Waals surface area contributed by atoms with Crippen LogP contribution in [0, 0.1) is 0 Å². The number of benzene rings is 1. The number of hydrogen-bond acceptors (Lipinski definition) is 3. The van der Waals surface area contributed by atoms with Crippen molar-refractivity contribution in [1.29, 1.82) is 0 Å². The van der Waals surface area contributed by atoms with Gasteiger partial charge in [0.2, 0.25) is 0 Å². The van der Waals surface area contributed by atoms with Crippen molar-refractivity contribution >= 4 is 15.9 Å². The second-order valence-corrected chi connectivity index (χ2v) is 7.53. The molecule has 2 aliphatic heterocycles. The molecule has 0 aliphatic carbocycles. The number of rotatable bonds is 5. The van der Waals surface area contributed by atoms with Crippen LogP contribution in [0.2, 0.25) is 0 Å². The summed E-state index contributed by atoms with van der Waals surface area (Å²) in [4.78, 5) is 2.74. The molecule has 2 saturated heterocycles. The highest BCUT2D eigenvalue weighted by atomic mass is 79.9. The van der Waals surface area contributed by atoms with Crippen LogP contribution in [0.1, 0.15) is 37.7 Å². The third kappa shape index (κ3) is 4.10. The van der Waals surface area contributed by atoms with Crippen LogP contribution >= 0.6 is 15.9 Å². The summed E-state index contributed by atoms with van der Waals surface area (Å²) in [7, 11) is 0. The Morgan fingerprint density at radius 2 is 1.73 bits per heavy atom. The van der Waals surface area contributed by atoms with E-state index in [1.54, 1.807) is 0 Å². The molecule has 2 fully saturated rings. The first-order chi connectivity index (χ1) is 10.8. The molecule has 0 atom stereocenters. The molecule has 4 heteroatoms. The van der Waals surface area contributed by atoms with Gasteiger partial charge in [0.25, 0.3) is 0 Å². The van der Waals surface area contributed by atoms with E-state index in [2.05, 4.69) is 50.4 Å². The van der Waals surface area contributed by atoms with Crippen LogP contribution in [-0.4, -0.2) is 43.3 Å². The van der Waals surface area contributed by atoms with Crippen molar-refractivity contribution in [3.8, 4) is 0 Å². The van der Waals surface area contributed by atoms with Crippen LogP contribution in [0.25, 0.3) is 0 Å². The van der Waals surface area contributed by atoms with Crippen LogP contribution in [0.4, 0.5) is 0 Å². The lowest BCUT2D eigenvalue weighted by molar-refractivity contribution is -0.0358. The Bertz CT molecular complexity index is 451. The zero-order valence-electron chi connectivity index (χ0n) is 13.3. The van der Waals surface area contributed by atoms with Crippen molar-refractivity contribution in [2.24, 2.45) is 0 Å². The van der Waals surface area contributed by atoms with Gasteiger partial charge in [-0.25, -0.2) is 0 Å². The zero-order chi connectivity index (χ0) is 15.3. The second-order valence-electron chi connectivity index (χ2n) is 6.61. The molecule has 0 saturated carbocycles. The fourth-order valence-electron chi connectivity index (χ4n) is 3.77. The summed E-state index contributed by atoms with van der Waals surface area (Å²) in [5, 5.41) is 3.72. The average molecular weight is 367 g/mol. The molecular weight excluding hydrogens is 340 g/mol. The zero-order valence-corrected chi connectivity index (χ0v) is 14.9. The highest BCUT2D eigenvalue weighted by Crippen LogP contribution is 2.30. The van der Waals surface area contributed by atoms with Crippen molar-refractivity contribution in [1.82, 2.24) is 10.2 Å². The summed E-state index contributed by atoms with van der Waals surface area (Å²) >= 11 is 3.50. The molecule has 2 aliphatic rings. The van der Waals surface area contributed by atoms with Gasteiger partial charge in [-0.1, -0.05) is 34.5 Å². The molecule has 0 aromatic heterocycles. The number of ether oxygens (including phenoxy) is 1. The van der Waals surface area contributed by atoms with Gasteiger partial charge in [0, 0.05) is 36.3 Å². The van der Waals surface area contributed by atoms with Crippen LogP contribution in [0.3, 0.4) is 0 Å². The molecule has 3 nitrogen and oxygen atoms in total. The standard InChI is InChI=1S/C18H27BrN2O/c19-17-6-4-16(5-7-17)14-20-15-18(8-12-22-13-9-18)21-10-2-1-3-11-21/h4-7,20H,1-3,8-15H2. The summed E-state index contributed by atoms with van der Waals surface area (Å²) in [5.41, 5.74) is 1.66. The highest BCUT2D eigenvalue weighted by molar-refractivity contribution is 9.10. The van der Waals surface area contributed by atoms with Crippen LogP contribution < -0.4 is 5.32 Å². The molecule has 0 unspecified atom stereocenters. The molecule has 122 valence electrons. The number of nitrogens with zero attached hydrogens (tertiary/aromatic N) is 1. The predicted molar refractivity (Wildman–Crippen MR) is 94.1 cm³/mol. The molecular formula is C18H27BrN2O. The number of piperidine rings is 1. The quantitative estimate of drug-likeness (QED) is 0.861. The van der Waals surface area contributed by atoms with Gasteiger partial charge in [-0.3, -0.25) is 4.90 Å². The largest absolute Gasteiger partial charge is 0.381 e. The third-order valence-corrected chi connectivity index (χ3v) is 5.68. The Hall–Kier alpha value is -0.420. The Balaban J connectivity index is 1.58. The van der Waals surface area contributed by atoms with Gasteiger partial charge in [0.1, 0.15) is 0 Å². The fraction of sp³-hybridized carbons (Fsp3) is 0.667. The van der Waals surface area contributed by atoms with E-state index in [0.29, 0.717) is 5.54 Å². The Morgan fingerprint density at radius 1 is 1.05 bits per heavy atom. The van der Waals surface area contributed by atoms with Gasteiger partial charge in [0.15, 0.2) is 0 Å². The van der Waals surface area contributed by atoms with Gasteiger partial charge < -0.3 is 10.1 Å². The average Bonchev–Trinajstić information content (AvgIpc) is 2.58. The van der Waals surface area contributed by atoms with Gasteiger partial charge >= 0.3 is 0 Å². The summed E-state index contributed by atoms with van der Waals surface area (Å²) in [5.74, 6) is 0. The first-order valence-corrected chi connectivity index (χ1v) is 9.36. The SMILES string of the molecule is Brc1ccc(CNCC2(N3CCCCC3)CCOCC2)cc1. The summed E-state index contributed by atoms with van der Waals surface area (Å²) in [6, 6.07) is 8.61. The van der Waals surface area contributed by atoms with E-state index in [4.69, 9.17) is 4.74 Å².